The van der Waals surface area contributed by atoms with Crippen LogP contribution < -0.4 is 5.56 Å². The topological polar surface area (TPSA) is 63.0 Å². The van der Waals surface area contributed by atoms with Gasteiger partial charge in [0.15, 0.2) is 0 Å². The molecule has 0 bridgehead atoms. The first-order valence-corrected chi connectivity index (χ1v) is 10.7. The molecule has 146 valence electrons. The number of aryl methyl sites for hydroxylation is 2. The number of hydrogen-bond donors (Lipinski definition) is 1. The molecule has 2 heterocycles. The van der Waals surface area contributed by atoms with Crippen LogP contribution >= 0.6 is 0 Å². The number of hydrogen-bond acceptors (Lipinski definition) is 3. The largest absolute Gasteiger partial charge is 0.275 e. The number of fused-ring (bicyclic) bond motifs is 1. The van der Waals surface area contributed by atoms with Crippen molar-refractivity contribution in [1.29, 1.82) is 0 Å². The average Bonchev–Trinajstić information content (AvgIpc) is 3.00. The Labute approximate surface area is 157 Å². The zero-order valence-corrected chi connectivity index (χ0v) is 16.7. The molecule has 5 nitrogen and oxygen atoms in total. The summed E-state index contributed by atoms with van der Waals surface area (Å²) in [6.45, 7) is 4.11. The average molecular weight is 361 g/mol. The van der Waals surface area contributed by atoms with Crippen molar-refractivity contribution in [2.75, 3.05) is 0 Å². The van der Waals surface area contributed by atoms with Gasteiger partial charge in [-0.2, -0.15) is 9.50 Å². The maximum absolute atomic E-state index is 12.0. The molecule has 1 N–H and O–H groups in total. The SMILES string of the molecule is CCCCCCCCCCCCCCCc1cc(=O)n2[nH]c(C)nc2n1. The summed E-state index contributed by atoms with van der Waals surface area (Å²) in [4.78, 5) is 20.7. The van der Waals surface area contributed by atoms with Gasteiger partial charge in [-0.15, -0.1) is 0 Å². The van der Waals surface area contributed by atoms with E-state index in [4.69, 9.17) is 0 Å². The van der Waals surface area contributed by atoms with Crippen LogP contribution in [0, 0.1) is 6.92 Å². The van der Waals surface area contributed by atoms with Gasteiger partial charge in [0, 0.05) is 6.07 Å². The molecule has 2 rings (SSSR count). The Hall–Kier alpha value is -1.65. The van der Waals surface area contributed by atoms with Crippen LogP contribution in [0.3, 0.4) is 0 Å². The first-order valence-electron chi connectivity index (χ1n) is 10.7. The van der Waals surface area contributed by atoms with Crippen LogP contribution in [-0.4, -0.2) is 19.6 Å². The molecule has 0 saturated heterocycles. The van der Waals surface area contributed by atoms with E-state index >= 15 is 0 Å². The normalized spacial score (nSPS) is 11.5. The second-order valence-electron chi connectivity index (χ2n) is 7.52. The molecule has 26 heavy (non-hydrogen) atoms. The third-order valence-corrected chi connectivity index (χ3v) is 5.03. The van der Waals surface area contributed by atoms with E-state index in [1.807, 2.05) is 6.92 Å². The van der Waals surface area contributed by atoms with Crippen LogP contribution in [0.2, 0.25) is 0 Å². The predicted molar refractivity (Wildman–Crippen MR) is 108 cm³/mol. The minimum absolute atomic E-state index is 0.0692. The van der Waals surface area contributed by atoms with Gasteiger partial charge in [0.1, 0.15) is 5.82 Å². The van der Waals surface area contributed by atoms with E-state index < -0.39 is 0 Å². The second-order valence-corrected chi connectivity index (χ2v) is 7.52. The summed E-state index contributed by atoms with van der Waals surface area (Å²) in [5, 5.41) is 2.90. The molecule has 2 aromatic rings. The second kappa shape index (κ2) is 11.9. The van der Waals surface area contributed by atoms with Gasteiger partial charge >= 0.3 is 0 Å². The third kappa shape index (κ3) is 7.30. The van der Waals surface area contributed by atoms with Gasteiger partial charge in [0.25, 0.3) is 11.3 Å². The minimum atomic E-state index is -0.0692. The van der Waals surface area contributed by atoms with E-state index in [-0.39, 0.29) is 5.56 Å². The fraction of sp³-hybridized carbons (Fsp3) is 0.762. The number of rotatable bonds is 14. The van der Waals surface area contributed by atoms with Crippen molar-refractivity contribution in [3.63, 3.8) is 0 Å². The molecule has 0 spiro atoms. The summed E-state index contributed by atoms with van der Waals surface area (Å²) >= 11 is 0. The van der Waals surface area contributed by atoms with E-state index in [1.54, 1.807) is 6.07 Å². The first-order chi connectivity index (χ1) is 12.7. The molecule has 5 heteroatoms. The zero-order chi connectivity index (χ0) is 18.6. The summed E-state index contributed by atoms with van der Waals surface area (Å²) in [6, 6.07) is 1.63. The smallest absolute Gasteiger partial charge is 0.274 e. The Kier molecular flexibility index (Phi) is 9.43. The molecule has 0 radical (unpaired) electrons. The highest BCUT2D eigenvalue weighted by Crippen LogP contribution is 2.13. The monoisotopic (exact) mass is 360 g/mol. The van der Waals surface area contributed by atoms with Crippen molar-refractivity contribution in [3.8, 4) is 0 Å². The van der Waals surface area contributed by atoms with Crippen LogP contribution in [0.25, 0.3) is 5.78 Å². The molecule has 0 aliphatic carbocycles. The summed E-state index contributed by atoms with van der Waals surface area (Å²) in [6.07, 6.45) is 18.4. The van der Waals surface area contributed by atoms with Gasteiger partial charge in [-0.25, -0.2) is 4.98 Å². The molecule has 0 fully saturated rings. The van der Waals surface area contributed by atoms with Crippen LogP contribution in [0.4, 0.5) is 0 Å². The van der Waals surface area contributed by atoms with Gasteiger partial charge < -0.3 is 0 Å². The lowest BCUT2D eigenvalue weighted by atomic mass is 10.0. The lowest BCUT2D eigenvalue weighted by Crippen LogP contribution is -2.15. The van der Waals surface area contributed by atoms with Crippen molar-refractivity contribution < 1.29 is 0 Å². The maximum Gasteiger partial charge on any atom is 0.274 e. The maximum atomic E-state index is 12.0. The van der Waals surface area contributed by atoms with Crippen LogP contribution in [-0.2, 0) is 6.42 Å². The van der Waals surface area contributed by atoms with Crippen LogP contribution in [0.5, 0.6) is 0 Å². The molecule has 2 aromatic heterocycles. The Bertz CT molecular complexity index is 689. The summed E-state index contributed by atoms with van der Waals surface area (Å²) < 4.78 is 1.41. The standard InChI is InChI=1S/C21H36N4O/c1-3-4-5-6-7-8-9-10-11-12-13-14-15-16-19-17-20(26)25-21(23-19)22-18(2)24-25/h17H,3-16H2,1-2H3,(H,22,23,24). The predicted octanol–water partition coefficient (Wildman–Crippen LogP) is 5.36. The summed E-state index contributed by atoms with van der Waals surface area (Å²) in [7, 11) is 0. The molecule has 0 amide bonds. The van der Waals surface area contributed by atoms with E-state index in [9.17, 15) is 4.79 Å². The first kappa shape index (κ1) is 20.7. The van der Waals surface area contributed by atoms with Crippen LogP contribution in [0.15, 0.2) is 10.9 Å². The lowest BCUT2D eigenvalue weighted by Gasteiger charge is -2.03. The Balaban J connectivity index is 1.49. The number of aromatic nitrogens is 4. The molecule has 0 atom stereocenters. The number of aromatic amines is 1. The van der Waals surface area contributed by atoms with Gasteiger partial charge in [0.2, 0.25) is 0 Å². The summed E-state index contributed by atoms with van der Waals surface area (Å²) in [5.74, 6) is 1.20. The fourth-order valence-corrected chi connectivity index (χ4v) is 3.49. The molecule has 0 aliphatic heterocycles. The van der Waals surface area contributed by atoms with E-state index in [2.05, 4.69) is 22.0 Å². The summed E-state index contributed by atoms with van der Waals surface area (Å²) in [5.41, 5.74) is 0.796. The Morgan fingerprint density at radius 1 is 0.846 bits per heavy atom. The number of nitrogens with one attached hydrogen (secondary N) is 1. The lowest BCUT2D eigenvalue weighted by molar-refractivity contribution is 0.539. The minimum Gasteiger partial charge on any atom is -0.275 e. The van der Waals surface area contributed by atoms with Crippen LogP contribution in [0.1, 0.15) is 102 Å². The van der Waals surface area contributed by atoms with E-state index in [0.29, 0.717) is 11.6 Å². The molecule has 0 saturated carbocycles. The number of unbranched alkanes of at least 4 members (excludes halogenated alkanes) is 12. The molecule has 0 aromatic carbocycles. The Morgan fingerprint density at radius 3 is 1.96 bits per heavy atom. The third-order valence-electron chi connectivity index (χ3n) is 5.03. The van der Waals surface area contributed by atoms with E-state index in [1.165, 1.54) is 81.6 Å². The van der Waals surface area contributed by atoms with Crippen molar-refractivity contribution in [2.24, 2.45) is 0 Å². The Morgan fingerprint density at radius 2 is 1.38 bits per heavy atom. The molecular formula is C21H36N4O. The number of nitrogens with zero attached hydrogens (tertiary/aromatic N) is 3. The van der Waals surface area contributed by atoms with Gasteiger partial charge in [-0.05, 0) is 19.8 Å². The van der Waals surface area contributed by atoms with Crippen molar-refractivity contribution in [1.82, 2.24) is 19.6 Å². The molecular weight excluding hydrogens is 324 g/mol. The van der Waals surface area contributed by atoms with Crippen molar-refractivity contribution >= 4 is 5.78 Å². The van der Waals surface area contributed by atoms with Crippen molar-refractivity contribution in [2.45, 2.75) is 104 Å². The highest BCUT2D eigenvalue weighted by Gasteiger charge is 2.05. The van der Waals surface area contributed by atoms with E-state index in [0.717, 1.165) is 18.5 Å². The zero-order valence-electron chi connectivity index (χ0n) is 16.7. The highest BCUT2D eigenvalue weighted by molar-refractivity contribution is 5.27. The molecule has 0 unspecified atom stereocenters. The van der Waals surface area contributed by atoms with Crippen molar-refractivity contribution in [3.05, 3.63) is 27.9 Å². The fourth-order valence-electron chi connectivity index (χ4n) is 3.49. The number of H-pyrrole nitrogens is 1. The van der Waals surface area contributed by atoms with Gasteiger partial charge in [-0.3, -0.25) is 9.89 Å². The van der Waals surface area contributed by atoms with Gasteiger partial charge in [-0.1, -0.05) is 84.0 Å². The highest BCUT2D eigenvalue weighted by atomic mass is 16.1. The molecule has 0 aliphatic rings. The van der Waals surface area contributed by atoms with Gasteiger partial charge in [0.05, 0.1) is 5.69 Å². The quantitative estimate of drug-likeness (QED) is 0.461.